The summed E-state index contributed by atoms with van der Waals surface area (Å²) in [5, 5.41) is 3.60. The van der Waals surface area contributed by atoms with E-state index in [-0.39, 0.29) is 25.7 Å². The Hall–Kier alpha value is -3.48. The number of hydrogen-bond donors (Lipinski definition) is 1. The fourth-order valence-corrected chi connectivity index (χ4v) is 3.13. The van der Waals surface area contributed by atoms with Crippen LogP contribution in [-0.2, 0) is 27.3 Å². The fraction of sp³-hybridized carbons (Fsp3) is 0.273. The van der Waals surface area contributed by atoms with E-state index in [4.69, 9.17) is 18.6 Å². The van der Waals surface area contributed by atoms with E-state index in [1.54, 1.807) is 12.3 Å². The van der Waals surface area contributed by atoms with Gasteiger partial charge < -0.3 is 23.9 Å². The third-order valence-electron chi connectivity index (χ3n) is 4.90. The molecule has 150 valence electrons. The number of benzene rings is 2. The van der Waals surface area contributed by atoms with Crippen molar-refractivity contribution in [2.75, 3.05) is 13.4 Å². The number of rotatable bonds is 6. The van der Waals surface area contributed by atoms with Crippen LogP contribution in [0.15, 0.2) is 41.0 Å². The van der Waals surface area contributed by atoms with Crippen LogP contribution >= 0.6 is 0 Å². The van der Waals surface area contributed by atoms with Crippen LogP contribution < -0.4 is 14.8 Å². The SMILES string of the molecule is Cc1cc2occ(CC(=O)OCC(=O)NCc3ccc4c(c3)OCO4)c2cc1C. The van der Waals surface area contributed by atoms with Crippen LogP contribution in [0.2, 0.25) is 0 Å². The molecule has 0 saturated carbocycles. The molecule has 1 aliphatic rings. The van der Waals surface area contributed by atoms with E-state index in [9.17, 15) is 9.59 Å². The molecule has 1 aromatic heterocycles. The first kappa shape index (κ1) is 18.9. The lowest BCUT2D eigenvalue weighted by molar-refractivity contribution is -0.147. The molecule has 0 atom stereocenters. The summed E-state index contributed by atoms with van der Waals surface area (Å²) in [6.45, 7) is 4.18. The lowest BCUT2D eigenvalue weighted by Crippen LogP contribution is -2.28. The van der Waals surface area contributed by atoms with E-state index in [0.717, 1.165) is 33.2 Å². The number of fused-ring (bicyclic) bond motifs is 2. The van der Waals surface area contributed by atoms with Crippen LogP contribution in [0.5, 0.6) is 11.5 Å². The van der Waals surface area contributed by atoms with E-state index in [1.807, 2.05) is 38.1 Å². The van der Waals surface area contributed by atoms with Crippen molar-refractivity contribution in [1.82, 2.24) is 5.32 Å². The minimum Gasteiger partial charge on any atom is -0.464 e. The van der Waals surface area contributed by atoms with E-state index >= 15 is 0 Å². The average molecular weight is 395 g/mol. The lowest BCUT2D eigenvalue weighted by Gasteiger charge is -2.07. The number of esters is 1. The van der Waals surface area contributed by atoms with Crippen molar-refractivity contribution in [3.8, 4) is 11.5 Å². The Balaban J connectivity index is 1.27. The maximum Gasteiger partial charge on any atom is 0.310 e. The second-order valence-corrected chi connectivity index (χ2v) is 7.00. The quantitative estimate of drug-likeness (QED) is 0.645. The molecule has 3 aromatic rings. The summed E-state index contributed by atoms with van der Waals surface area (Å²) in [6, 6.07) is 9.39. The van der Waals surface area contributed by atoms with E-state index in [1.165, 1.54) is 0 Å². The van der Waals surface area contributed by atoms with Gasteiger partial charge in [-0.15, -0.1) is 0 Å². The topological polar surface area (TPSA) is 87.0 Å². The standard InChI is InChI=1S/C22H21NO6/c1-13-5-17-16(10-26-19(17)6-14(13)2)8-22(25)27-11-21(24)23-9-15-3-4-18-20(7-15)29-12-28-18/h3-7,10H,8-9,11-12H2,1-2H3,(H,23,24). The Morgan fingerprint density at radius 2 is 1.86 bits per heavy atom. The molecule has 1 aliphatic heterocycles. The Kier molecular flexibility index (Phi) is 5.12. The molecular formula is C22H21NO6. The molecule has 0 aliphatic carbocycles. The van der Waals surface area contributed by atoms with Gasteiger partial charge in [0, 0.05) is 17.5 Å². The Morgan fingerprint density at radius 1 is 1.07 bits per heavy atom. The number of hydrogen-bond acceptors (Lipinski definition) is 6. The molecule has 7 nitrogen and oxygen atoms in total. The predicted octanol–water partition coefficient (Wildman–Crippen LogP) is 3.18. The molecule has 29 heavy (non-hydrogen) atoms. The van der Waals surface area contributed by atoms with E-state index in [0.29, 0.717) is 18.0 Å². The number of ether oxygens (including phenoxy) is 3. The van der Waals surface area contributed by atoms with Gasteiger partial charge >= 0.3 is 5.97 Å². The monoisotopic (exact) mass is 395 g/mol. The average Bonchev–Trinajstić information content (AvgIpc) is 3.32. The second-order valence-electron chi connectivity index (χ2n) is 7.00. The van der Waals surface area contributed by atoms with E-state index < -0.39 is 5.97 Å². The van der Waals surface area contributed by atoms with Gasteiger partial charge in [0.05, 0.1) is 12.7 Å². The van der Waals surface area contributed by atoms with Gasteiger partial charge in [-0.2, -0.15) is 0 Å². The van der Waals surface area contributed by atoms with Crippen molar-refractivity contribution < 1.29 is 28.2 Å². The number of nitrogens with one attached hydrogen (secondary N) is 1. The molecule has 2 heterocycles. The molecule has 1 N–H and O–H groups in total. The van der Waals surface area contributed by atoms with Gasteiger partial charge in [-0.3, -0.25) is 9.59 Å². The molecular weight excluding hydrogens is 374 g/mol. The maximum absolute atomic E-state index is 12.1. The van der Waals surface area contributed by atoms with Crippen LogP contribution in [0.1, 0.15) is 22.3 Å². The molecule has 0 unspecified atom stereocenters. The molecule has 0 fully saturated rings. The van der Waals surface area contributed by atoms with Gasteiger partial charge in [0.1, 0.15) is 5.58 Å². The summed E-state index contributed by atoms with van der Waals surface area (Å²) in [5.41, 5.74) is 4.59. The van der Waals surface area contributed by atoms with E-state index in [2.05, 4.69) is 5.32 Å². The van der Waals surface area contributed by atoms with Gasteiger partial charge in [0.25, 0.3) is 5.91 Å². The van der Waals surface area contributed by atoms with Crippen LogP contribution in [0.3, 0.4) is 0 Å². The maximum atomic E-state index is 12.1. The van der Waals surface area contributed by atoms with Gasteiger partial charge in [0.15, 0.2) is 18.1 Å². The van der Waals surface area contributed by atoms with Crippen LogP contribution in [0.4, 0.5) is 0 Å². The third kappa shape index (κ3) is 4.18. The first-order valence-corrected chi connectivity index (χ1v) is 9.28. The van der Waals surface area contributed by atoms with Gasteiger partial charge in [0.2, 0.25) is 6.79 Å². The van der Waals surface area contributed by atoms with Gasteiger partial charge in [-0.05, 0) is 54.8 Å². The van der Waals surface area contributed by atoms with Crippen LogP contribution in [-0.4, -0.2) is 25.3 Å². The lowest BCUT2D eigenvalue weighted by atomic mass is 10.0. The highest BCUT2D eigenvalue weighted by atomic mass is 16.7. The fourth-order valence-electron chi connectivity index (χ4n) is 3.13. The molecule has 0 spiro atoms. The zero-order valence-corrected chi connectivity index (χ0v) is 16.2. The van der Waals surface area contributed by atoms with Crippen molar-refractivity contribution in [1.29, 1.82) is 0 Å². The normalized spacial score (nSPS) is 12.2. The zero-order valence-electron chi connectivity index (χ0n) is 16.2. The third-order valence-corrected chi connectivity index (χ3v) is 4.90. The molecule has 0 bridgehead atoms. The molecule has 7 heteroatoms. The van der Waals surface area contributed by atoms with Crippen molar-refractivity contribution in [3.63, 3.8) is 0 Å². The summed E-state index contributed by atoms with van der Waals surface area (Å²) in [7, 11) is 0. The molecule has 0 saturated heterocycles. The van der Waals surface area contributed by atoms with Crippen molar-refractivity contribution in [2.24, 2.45) is 0 Å². The van der Waals surface area contributed by atoms with Crippen molar-refractivity contribution in [3.05, 3.63) is 58.8 Å². The Morgan fingerprint density at radius 3 is 2.72 bits per heavy atom. The summed E-state index contributed by atoms with van der Waals surface area (Å²) >= 11 is 0. The minimum absolute atomic E-state index is 0.0466. The summed E-state index contributed by atoms with van der Waals surface area (Å²) in [5.74, 6) is 0.482. The van der Waals surface area contributed by atoms with Crippen LogP contribution in [0.25, 0.3) is 11.0 Å². The summed E-state index contributed by atoms with van der Waals surface area (Å²) in [6.07, 6.45) is 1.61. The molecule has 2 aromatic carbocycles. The smallest absolute Gasteiger partial charge is 0.310 e. The van der Waals surface area contributed by atoms with Crippen LogP contribution in [0, 0.1) is 13.8 Å². The molecule has 4 rings (SSSR count). The predicted molar refractivity (Wildman–Crippen MR) is 105 cm³/mol. The molecule has 1 amide bonds. The van der Waals surface area contributed by atoms with Gasteiger partial charge in [-0.1, -0.05) is 6.07 Å². The zero-order chi connectivity index (χ0) is 20.4. The van der Waals surface area contributed by atoms with Crippen molar-refractivity contribution in [2.45, 2.75) is 26.8 Å². The Bertz CT molecular complexity index is 1080. The summed E-state index contributed by atoms with van der Waals surface area (Å²) < 4.78 is 21.2. The highest BCUT2D eigenvalue weighted by molar-refractivity contribution is 5.87. The number of aryl methyl sites for hydroxylation is 2. The van der Waals surface area contributed by atoms with Crippen molar-refractivity contribution >= 4 is 22.8 Å². The molecule has 0 radical (unpaired) electrons. The minimum atomic E-state index is -0.482. The highest BCUT2D eigenvalue weighted by Gasteiger charge is 2.15. The largest absolute Gasteiger partial charge is 0.464 e. The number of furan rings is 1. The highest BCUT2D eigenvalue weighted by Crippen LogP contribution is 2.32. The first-order chi connectivity index (χ1) is 14.0. The number of amides is 1. The second kappa shape index (κ2) is 7.87. The summed E-state index contributed by atoms with van der Waals surface area (Å²) in [4.78, 5) is 24.1. The number of carbonyl (C=O) groups excluding carboxylic acids is 2. The van der Waals surface area contributed by atoms with Gasteiger partial charge in [-0.25, -0.2) is 0 Å². The first-order valence-electron chi connectivity index (χ1n) is 9.28. The Labute approximate surface area is 167 Å². The number of carbonyl (C=O) groups is 2.